The Morgan fingerprint density at radius 3 is 1.34 bits per heavy atom. The molecule has 0 saturated heterocycles. The van der Waals surface area contributed by atoms with E-state index in [1.54, 1.807) is 0 Å². The number of unbranched alkanes of at least 4 members (excludes halogenated alkanes) is 18. The van der Waals surface area contributed by atoms with Gasteiger partial charge in [-0.3, -0.25) is 0 Å². The SMILES string of the molecule is CCCCCCCCCCCCNC(=S)SCCCCCCCCCCCC.[H-].[Na+]. The molecule has 0 spiro atoms. The third-order valence-electron chi connectivity index (χ3n) is 5.53. The Labute approximate surface area is 217 Å². The molecule has 0 aliphatic carbocycles. The van der Waals surface area contributed by atoms with Crippen molar-refractivity contribution in [3.8, 4) is 0 Å². The first-order valence-corrected chi connectivity index (χ1v) is 14.1. The Morgan fingerprint density at radius 1 is 0.586 bits per heavy atom. The first-order valence-electron chi connectivity index (χ1n) is 12.7. The van der Waals surface area contributed by atoms with Gasteiger partial charge in [0.05, 0.1) is 0 Å². The van der Waals surface area contributed by atoms with Crippen LogP contribution in [0.5, 0.6) is 0 Å². The molecule has 0 radical (unpaired) electrons. The number of thiocarbonyl (C=S) groups is 1. The molecule has 0 rings (SSSR count). The van der Waals surface area contributed by atoms with E-state index in [-0.39, 0.29) is 31.0 Å². The van der Waals surface area contributed by atoms with Gasteiger partial charge in [0.25, 0.3) is 0 Å². The van der Waals surface area contributed by atoms with Crippen LogP contribution in [0.4, 0.5) is 0 Å². The number of rotatable bonds is 22. The Balaban J connectivity index is -0.00000364. The molecule has 0 amide bonds. The summed E-state index contributed by atoms with van der Waals surface area (Å²) in [6, 6.07) is 0. The maximum Gasteiger partial charge on any atom is 1.00 e. The summed E-state index contributed by atoms with van der Waals surface area (Å²) in [6.07, 6.45) is 28.1. The fraction of sp³-hybridized carbons (Fsp3) is 0.960. The van der Waals surface area contributed by atoms with Gasteiger partial charge in [0.15, 0.2) is 0 Å². The third-order valence-corrected chi connectivity index (χ3v) is 6.93. The van der Waals surface area contributed by atoms with E-state index >= 15 is 0 Å². The molecule has 170 valence electrons. The molecule has 0 fully saturated rings. The smallest absolute Gasteiger partial charge is 1.00 e. The maximum absolute atomic E-state index is 5.45. The van der Waals surface area contributed by atoms with Crippen molar-refractivity contribution in [2.45, 2.75) is 142 Å². The van der Waals surface area contributed by atoms with E-state index in [2.05, 4.69) is 19.2 Å². The van der Waals surface area contributed by atoms with Crippen LogP contribution in [0.3, 0.4) is 0 Å². The summed E-state index contributed by atoms with van der Waals surface area (Å²) >= 11 is 7.30. The molecule has 0 bridgehead atoms. The molecule has 0 heterocycles. The second-order valence-electron chi connectivity index (χ2n) is 8.43. The van der Waals surface area contributed by atoms with Crippen molar-refractivity contribution in [2.24, 2.45) is 0 Å². The van der Waals surface area contributed by atoms with Crippen LogP contribution in [-0.4, -0.2) is 16.6 Å². The van der Waals surface area contributed by atoms with Crippen LogP contribution < -0.4 is 34.9 Å². The number of hydrogen-bond acceptors (Lipinski definition) is 2. The first-order chi connectivity index (χ1) is 13.8. The van der Waals surface area contributed by atoms with Gasteiger partial charge in [-0.25, -0.2) is 0 Å². The summed E-state index contributed by atoms with van der Waals surface area (Å²) in [5.41, 5.74) is 0. The average Bonchev–Trinajstić information content (AvgIpc) is 2.70. The third kappa shape index (κ3) is 29.2. The van der Waals surface area contributed by atoms with Crippen LogP contribution in [0.1, 0.15) is 144 Å². The largest absolute Gasteiger partial charge is 1.00 e. The van der Waals surface area contributed by atoms with E-state index < -0.39 is 0 Å². The minimum Gasteiger partial charge on any atom is -1.00 e. The molecule has 29 heavy (non-hydrogen) atoms. The van der Waals surface area contributed by atoms with E-state index in [1.165, 1.54) is 134 Å². The minimum atomic E-state index is 0. The molecule has 0 aromatic carbocycles. The van der Waals surface area contributed by atoms with Crippen molar-refractivity contribution >= 4 is 28.3 Å². The van der Waals surface area contributed by atoms with Crippen LogP contribution in [0.2, 0.25) is 0 Å². The topological polar surface area (TPSA) is 12.0 Å². The van der Waals surface area contributed by atoms with Crippen LogP contribution in [-0.2, 0) is 0 Å². The predicted molar refractivity (Wildman–Crippen MR) is 138 cm³/mol. The fourth-order valence-corrected chi connectivity index (χ4v) is 4.70. The quantitative estimate of drug-likeness (QED) is 0.113. The second kappa shape index (κ2) is 29.2. The van der Waals surface area contributed by atoms with Gasteiger partial charge in [-0.05, 0) is 12.8 Å². The number of nitrogens with one attached hydrogen (secondary N) is 1. The molecule has 4 heteroatoms. The molecule has 0 aromatic rings. The molecular formula is C25H52NNaS2. The molecule has 0 aliphatic rings. The van der Waals surface area contributed by atoms with Gasteiger partial charge in [0, 0.05) is 12.3 Å². The van der Waals surface area contributed by atoms with E-state index in [0.717, 1.165) is 10.9 Å². The Kier molecular flexibility index (Phi) is 32.7. The average molecular weight is 454 g/mol. The summed E-state index contributed by atoms with van der Waals surface area (Å²) in [5, 5.41) is 3.44. The monoisotopic (exact) mass is 453 g/mol. The second-order valence-corrected chi connectivity index (χ2v) is 10.2. The van der Waals surface area contributed by atoms with E-state index in [1.807, 2.05) is 11.8 Å². The molecule has 1 nitrogen and oxygen atoms in total. The fourth-order valence-electron chi connectivity index (χ4n) is 3.61. The standard InChI is InChI=1S/C25H51NS2.Na.H/c1-3-5-7-9-11-13-15-17-19-21-23-26-25(27)28-24-22-20-18-16-14-12-10-8-6-4-2;;/h3-24H2,1-2H3,(H,26,27);;/q;+1;-1. The normalized spacial score (nSPS) is 10.7. The number of thioether (sulfide) groups is 1. The zero-order valence-corrected chi connectivity index (χ0v) is 24.0. The molecule has 0 aromatic heterocycles. The van der Waals surface area contributed by atoms with E-state index in [9.17, 15) is 0 Å². The van der Waals surface area contributed by atoms with E-state index in [0.29, 0.717) is 0 Å². The molecule has 1 N–H and O–H groups in total. The maximum atomic E-state index is 5.45. The van der Waals surface area contributed by atoms with Gasteiger partial charge in [-0.1, -0.05) is 153 Å². The van der Waals surface area contributed by atoms with Crippen molar-refractivity contribution in [2.75, 3.05) is 12.3 Å². The van der Waals surface area contributed by atoms with Crippen LogP contribution >= 0.6 is 24.0 Å². The van der Waals surface area contributed by atoms with Crippen molar-refractivity contribution in [3.05, 3.63) is 0 Å². The zero-order chi connectivity index (χ0) is 20.5. The Hall–Kier alpha value is 1.24. The summed E-state index contributed by atoms with van der Waals surface area (Å²) in [7, 11) is 0. The van der Waals surface area contributed by atoms with Crippen molar-refractivity contribution in [1.29, 1.82) is 0 Å². The van der Waals surface area contributed by atoms with E-state index in [4.69, 9.17) is 12.2 Å². The molecule has 0 unspecified atom stereocenters. The molecule has 0 atom stereocenters. The Bertz CT molecular complexity index is 292. The van der Waals surface area contributed by atoms with Crippen LogP contribution in [0, 0.1) is 0 Å². The van der Waals surface area contributed by atoms with Gasteiger partial charge >= 0.3 is 29.6 Å². The predicted octanol–water partition coefficient (Wildman–Crippen LogP) is 6.55. The van der Waals surface area contributed by atoms with Gasteiger partial charge in [0.1, 0.15) is 4.32 Å². The Morgan fingerprint density at radius 2 is 0.931 bits per heavy atom. The summed E-state index contributed by atoms with van der Waals surface area (Å²) in [5.74, 6) is 1.19. The minimum absolute atomic E-state index is 0. The summed E-state index contributed by atoms with van der Waals surface area (Å²) in [6.45, 7) is 5.65. The van der Waals surface area contributed by atoms with Crippen LogP contribution in [0.15, 0.2) is 0 Å². The summed E-state index contributed by atoms with van der Waals surface area (Å²) < 4.78 is 1.02. The number of hydrogen-bond donors (Lipinski definition) is 1. The molecular weight excluding hydrogens is 401 g/mol. The van der Waals surface area contributed by atoms with Gasteiger partial charge in [-0.15, -0.1) is 0 Å². The van der Waals surface area contributed by atoms with Gasteiger partial charge < -0.3 is 6.74 Å². The summed E-state index contributed by atoms with van der Waals surface area (Å²) in [4.78, 5) is 0. The zero-order valence-electron chi connectivity index (χ0n) is 21.4. The van der Waals surface area contributed by atoms with Crippen LogP contribution in [0.25, 0.3) is 0 Å². The van der Waals surface area contributed by atoms with Crippen molar-refractivity contribution < 1.29 is 31.0 Å². The van der Waals surface area contributed by atoms with Crippen molar-refractivity contribution in [1.82, 2.24) is 5.32 Å². The van der Waals surface area contributed by atoms with Gasteiger partial charge in [-0.2, -0.15) is 0 Å². The molecule has 0 saturated carbocycles. The van der Waals surface area contributed by atoms with Crippen molar-refractivity contribution in [3.63, 3.8) is 0 Å². The first kappa shape index (κ1) is 32.4. The molecule has 0 aliphatic heterocycles. The van der Waals surface area contributed by atoms with Gasteiger partial charge in [0.2, 0.25) is 0 Å².